The lowest BCUT2D eigenvalue weighted by atomic mass is 9.95. The molecule has 0 bridgehead atoms. The summed E-state index contributed by atoms with van der Waals surface area (Å²) in [5.41, 5.74) is 5.43. The van der Waals surface area contributed by atoms with Crippen LogP contribution in [-0.2, 0) is 16.1 Å². The van der Waals surface area contributed by atoms with Crippen molar-refractivity contribution >= 4 is 79.9 Å². The molecule has 3 aromatic rings. The Kier molecular flexibility index (Phi) is 12.8. The number of rotatable bonds is 13. The molecule has 0 spiro atoms. The molecule has 2 atom stereocenters. The van der Waals surface area contributed by atoms with Crippen LogP contribution in [0.5, 0.6) is 17.2 Å². The van der Waals surface area contributed by atoms with Crippen molar-refractivity contribution in [3.05, 3.63) is 94.6 Å². The minimum Gasteiger partial charge on any atom is -0.490 e. The van der Waals surface area contributed by atoms with Gasteiger partial charge in [-0.2, -0.15) is 5.10 Å². The number of carbonyl (C=O) groups excluding carboxylic acids is 2. The van der Waals surface area contributed by atoms with Crippen LogP contribution in [0.25, 0.3) is 0 Å². The number of esters is 1. The molecule has 3 aromatic carbocycles. The number of benzene rings is 3. The van der Waals surface area contributed by atoms with Gasteiger partial charge in [-0.3, -0.25) is 5.43 Å². The Morgan fingerprint density at radius 3 is 2.63 bits per heavy atom. The second kappa shape index (κ2) is 16.5. The third-order valence-corrected chi connectivity index (χ3v) is 8.49. The molecule has 0 saturated heterocycles. The van der Waals surface area contributed by atoms with Crippen molar-refractivity contribution in [1.29, 1.82) is 0 Å². The van der Waals surface area contributed by atoms with Crippen molar-refractivity contribution in [3.63, 3.8) is 0 Å². The SMILES string of the molecule is CCOc1cc([C@H]2NC(=O)NC(C)=C2C(=O)OC)ccc1OC[C@@H](O)N/N=C\c1cc(Br)c(OCc2ccc(Cl)cc2Cl)c(I)c1. The van der Waals surface area contributed by atoms with Crippen LogP contribution in [0, 0.1) is 3.57 Å². The molecule has 11 nitrogen and oxygen atoms in total. The first-order valence-electron chi connectivity index (χ1n) is 13.8. The van der Waals surface area contributed by atoms with E-state index in [1.807, 2.05) is 25.1 Å². The quantitative estimate of drug-likeness (QED) is 0.0506. The summed E-state index contributed by atoms with van der Waals surface area (Å²) in [6.07, 6.45) is 0.401. The van der Waals surface area contributed by atoms with Crippen LogP contribution in [0.3, 0.4) is 0 Å². The lowest BCUT2D eigenvalue weighted by Gasteiger charge is -2.28. The maximum absolute atomic E-state index is 12.5. The number of ether oxygens (including phenoxy) is 4. The molecule has 15 heteroatoms. The fourth-order valence-electron chi connectivity index (χ4n) is 4.40. The Bertz CT molecular complexity index is 1650. The summed E-state index contributed by atoms with van der Waals surface area (Å²) in [4.78, 5) is 24.6. The van der Waals surface area contributed by atoms with Gasteiger partial charge < -0.3 is 34.7 Å². The molecular weight excluding hydrogens is 818 g/mol. The van der Waals surface area contributed by atoms with E-state index < -0.39 is 24.3 Å². The Hall–Kier alpha value is -3.24. The number of aliphatic hydroxyl groups excluding tert-OH is 1. The van der Waals surface area contributed by atoms with E-state index in [0.29, 0.717) is 45.2 Å². The molecule has 0 aromatic heterocycles. The molecule has 46 heavy (non-hydrogen) atoms. The summed E-state index contributed by atoms with van der Waals surface area (Å²) in [6.45, 7) is 3.87. The molecule has 0 saturated carbocycles. The normalized spacial score (nSPS) is 15.2. The average molecular weight is 848 g/mol. The van der Waals surface area contributed by atoms with E-state index in [9.17, 15) is 14.7 Å². The van der Waals surface area contributed by atoms with Gasteiger partial charge in [0, 0.05) is 21.3 Å². The van der Waals surface area contributed by atoms with Crippen molar-refractivity contribution < 1.29 is 33.6 Å². The highest BCUT2D eigenvalue weighted by Gasteiger charge is 2.32. The summed E-state index contributed by atoms with van der Waals surface area (Å²) < 4.78 is 24.0. The number of methoxy groups -OCH3 is 1. The number of carbonyl (C=O) groups is 2. The zero-order valence-corrected chi connectivity index (χ0v) is 30.1. The van der Waals surface area contributed by atoms with Gasteiger partial charge in [0.2, 0.25) is 0 Å². The second-order valence-corrected chi connectivity index (χ2v) is 12.6. The molecule has 1 aliphatic rings. The third-order valence-electron chi connectivity index (χ3n) is 6.52. The van der Waals surface area contributed by atoms with E-state index in [2.05, 4.69) is 59.7 Å². The minimum atomic E-state index is -1.15. The first-order chi connectivity index (χ1) is 22.0. The standard InChI is InChI=1S/C31H30BrCl2IN4O7/c1-4-44-25-11-18(28-27(30(41)43-3)16(2)37-31(42)38-28)6-8-24(25)45-15-26(40)39-36-13-17-9-21(32)29(23(35)10-17)46-14-19-5-7-20(33)12-22(19)34/h5-13,26,28,39-40H,4,14-15H2,1-3H3,(H2,37,38,42)/b36-13-/t26-,28-/m1/s1. The van der Waals surface area contributed by atoms with Crippen LogP contribution in [0.4, 0.5) is 4.79 Å². The largest absolute Gasteiger partial charge is 0.490 e. The molecular formula is C31H30BrCl2IN4O7. The summed E-state index contributed by atoms with van der Waals surface area (Å²) >= 11 is 17.9. The Morgan fingerprint density at radius 2 is 1.93 bits per heavy atom. The van der Waals surface area contributed by atoms with Gasteiger partial charge in [0.1, 0.15) is 19.0 Å². The van der Waals surface area contributed by atoms with Crippen molar-refractivity contribution in [3.8, 4) is 17.2 Å². The number of allylic oxidation sites excluding steroid dienone is 1. The van der Waals surface area contributed by atoms with E-state index in [1.165, 1.54) is 7.11 Å². The number of halogens is 4. The van der Waals surface area contributed by atoms with Crippen molar-refractivity contribution in [2.24, 2.45) is 5.10 Å². The van der Waals surface area contributed by atoms with E-state index in [0.717, 1.165) is 19.2 Å². The summed E-state index contributed by atoms with van der Waals surface area (Å²) in [6, 6.07) is 12.7. The molecule has 0 fully saturated rings. The third kappa shape index (κ3) is 9.18. The highest BCUT2D eigenvalue weighted by Crippen LogP contribution is 2.35. The maximum atomic E-state index is 12.5. The van der Waals surface area contributed by atoms with Crippen LogP contribution in [0.1, 0.15) is 36.6 Å². The molecule has 1 heterocycles. The molecule has 244 valence electrons. The van der Waals surface area contributed by atoms with E-state index in [1.54, 1.807) is 43.5 Å². The van der Waals surface area contributed by atoms with Crippen LogP contribution < -0.4 is 30.3 Å². The van der Waals surface area contributed by atoms with E-state index in [4.69, 9.17) is 42.1 Å². The first kappa shape index (κ1) is 35.6. The minimum absolute atomic E-state index is 0.158. The zero-order chi connectivity index (χ0) is 33.4. The number of urea groups is 1. The molecule has 4 N–H and O–H groups in total. The summed E-state index contributed by atoms with van der Waals surface area (Å²) in [7, 11) is 1.27. The number of nitrogens with zero attached hydrogens (tertiary/aromatic N) is 1. The first-order valence-corrected chi connectivity index (χ1v) is 16.4. The zero-order valence-electron chi connectivity index (χ0n) is 24.8. The van der Waals surface area contributed by atoms with Gasteiger partial charge in [-0.1, -0.05) is 35.3 Å². The van der Waals surface area contributed by atoms with Crippen LogP contribution >= 0.6 is 61.7 Å². The maximum Gasteiger partial charge on any atom is 0.337 e. The highest BCUT2D eigenvalue weighted by atomic mass is 127. The van der Waals surface area contributed by atoms with Crippen molar-refractivity contribution in [2.45, 2.75) is 32.7 Å². The van der Waals surface area contributed by atoms with Gasteiger partial charge in [-0.15, -0.1) is 0 Å². The number of hydrogen-bond acceptors (Lipinski definition) is 9. The van der Waals surface area contributed by atoms with Crippen molar-refractivity contribution in [1.82, 2.24) is 16.1 Å². The monoisotopic (exact) mass is 846 g/mol. The Labute approximate surface area is 297 Å². The molecule has 2 amide bonds. The van der Waals surface area contributed by atoms with Crippen LogP contribution in [-0.4, -0.2) is 49.9 Å². The predicted octanol–water partition coefficient (Wildman–Crippen LogP) is 6.46. The van der Waals surface area contributed by atoms with E-state index >= 15 is 0 Å². The average Bonchev–Trinajstić information content (AvgIpc) is 3.00. The number of hydrazone groups is 1. The summed E-state index contributed by atoms with van der Waals surface area (Å²) in [5, 5.41) is 21.0. The highest BCUT2D eigenvalue weighted by molar-refractivity contribution is 14.1. The van der Waals surface area contributed by atoms with Crippen molar-refractivity contribution in [2.75, 3.05) is 20.3 Å². The molecule has 1 aliphatic heterocycles. The number of amides is 2. The van der Waals surface area contributed by atoms with Gasteiger partial charge in [0.15, 0.2) is 17.7 Å². The topological polar surface area (TPSA) is 140 Å². The molecule has 0 aliphatic carbocycles. The smallest absolute Gasteiger partial charge is 0.337 e. The number of aliphatic hydroxyl groups is 1. The molecule has 4 rings (SSSR count). The molecule has 0 unspecified atom stereocenters. The van der Waals surface area contributed by atoms with Crippen LogP contribution in [0.15, 0.2) is 69.4 Å². The lowest BCUT2D eigenvalue weighted by molar-refractivity contribution is -0.136. The van der Waals surface area contributed by atoms with E-state index in [-0.39, 0.29) is 18.8 Å². The predicted molar refractivity (Wildman–Crippen MR) is 187 cm³/mol. The van der Waals surface area contributed by atoms with Gasteiger partial charge in [0.05, 0.1) is 39.6 Å². The number of hydrogen-bond donors (Lipinski definition) is 4. The summed E-state index contributed by atoms with van der Waals surface area (Å²) in [5.74, 6) is 0.792. The molecule has 0 radical (unpaired) electrons. The van der Waals surface area contributed by atoms with Gasteiger partial charge in [-0.25, -0.2) is 9.59 Å². The van der Waals surface area contributed by atoms with Gasteiger partial charge in [-0.05, 0) is 99.9 Å². The lowest BCUT2D eigenvalue weighted by Crippen LogP contribution is -2.45. The van der Waals surface area contributed by atoms with Gasteiger partial charge in [0.25, 0.3) is 0 Å². The van der Waals surface area contributed by atoms with Gasteiger partial charge >= 0.3 is 12.0 Å². The Morgan fingerprint density at radius 1 is 1.15 bits per heavy atom. The second-order valence-electron chi connectivity index (χ2n) is 9.75. The number of nitrogens with one attached hydrogen (secondary N) is 3. The van der Waals surface area contributed by atoms with Crippen LogP contribution in [0.2, 0.25) is 10.0 Å². The Balaban J connectivity index is 1.37. The fourth-order valence-corrected chi connectivity index (χ4v) is 6.63. The fraction of sp³-hybridized carbons (Fsp3) is 0.258.